The topological polar surface area (TPSA) is 84.4 Å². The van der Waals surface area contributed by atoms with Crippen molar-refractivity contribution in [3.63, 3.8) is 0 Å². The van der Waals surface area contributed by atoms with Gasteiger partial charge in [0.1, 0.15) is 6.54 Å². The van der Waals surface area contributed by atoms with Gasteiger partial charge in [0.25, 0.3) is 5.56 Å². The highest BCUT2D eigenvalue weighted by molar-refractivity contribution is 5.76. The van der Waals surface area contributed by atoms with Gasteiger partial charge in [-0.05, 0) is 32.1 Å². The lowest BCUT2D eigenvalue weighted by molar-refractivity contribution is -0.135. The van der Waals surface area contributed by atoms with Crippen molar-refractivity contribution in [3.8, 4) is 0 Å². The normalized spacial score (nSPS) is 18.4. The zero-order valence-electron chi connectivity index (χ0n) is 12.9. The fourth-order valence-electron chi connectivity index (χ4n) is 2.90. The summed E-state index contributed by atoms with van der Waals surface area (Å²) in [6.07, 6.45) is 6.32. The molecule has 0 unspecified atom stereocenters. The van der Waals surface area contributed by atoms with E-state index in [4.69, 9.17) is 4.74 Å². The van der Waals surface area contributed by atoms with Gasteiger partial charge in [-0.1, -0.05) is 0 Å². The van der Waals surface area contributed by atoms with Gasteiger partial charge >= 0.3 is 5.69 Å². The largest absolute Gasteiger partial charge is 0.385 e. The summed E-state index contributed by atoms with van der Waals surface area (Å²) >= 11 is 0. The molecule has 7 heteroatoms. The number of piperidine rings is 1. The van der Waals surface area contributed by atoms with Gasteiger partial charge in [-0.2, -0.15) is 0 Å². The Balaban J connectivity index is 2.02. The molecule has 1 N–H and O–H groups in total. The third-order valence-corrected chi connectivity index (χ3v) is 4.04. The molecule has 2 rings (SSSR count). The minimum atomic E-state index is -0.547. The second kappa shape index (κ2) is 7.93. The number of hydrogen-bond donors (Lipinski definition) is 1. The van der Waals surface area contributed by atoms with Crippen molar-refractivity contribution in [2.24, 2.45) is 0 Å². The summed E-state index contributed by atoms with van der Waals surface area (Å²) in [4.78, 5) is 39.3. The van der Waals surface area contributed by atoms with Crippen LogP contribution < -0.4 is 11.2 Å². The van der Waals surface area contributed by atoms with Crippen LogP contribution in [-0.4, -0.2) is 46.7 Å². The van der Waals surface area contributed by atoms with Crippen LogP contribution in [0, 0.1) is 0 Å². The number of H-pyrrole nitrogens is 1. The average molecular weight is 309 g/mol. The standard InChI is InChI=1S/C15H23N3O4/c1-22-10-4-6-12-5-2-3-8-18(12)14(20)11-17-9-7-13(19)16-15(17)21/h7,9,12H,2-6,8,10-11H2,1H3,(H,16,19,21)/t12-/m1/s1. The Morgan fingerprint density at radius 1 is 1.41 bits per heavy atom. The van der Waals surface area contributed by atoms with Crippen LogP contribution in [0.3, 0.4) is 0 Å². The molecule has 122 valence electrons. The zero-order valence-corrected chi connectivity index (χ0v) is 12.9. The molecule has 0 saturated carbocycles. The number of rotatable bonds is 6. The SMILES string of the molecule is COCCC[C@H]1CCCCN1C(=O)Cn1ccc(=O)[nH]c1=O. The fourth-order valence-corrected chi connectivity index (χ4v) is 2.90. The van der Waals surface area contributed by atoms with E-state index in [0.29, 0.717) is 6.61 Å². The maximum absolute atomic E-state index is 12.5. The van der Waals surface area contributed by atoms with Crippen molar-refractivity contribution in [1.29, 1.82) is 0 Å². The van der Waals surface area contributed by atoms with E-state index in [9.17, 15) is 14.4 Å². The molecule has 1 saturated heterocycles. The van der Waals surface area contributed by atoms with E-state index >= 15 is 0 Å². The molecule has 0 radical (unpaired) electrons. The van der Waals surface area contributed by atoms with E-state index in [-0.39, 0.29) is 18.5 Å². The van der Waals surface area contributed by atoms with Crippen LogP contribution in [-0.2, 0) is 16.1 Å². The van der Waals surface area contributed by atoms with E-state index < -0.39 is 11.2 Å². The molecule has 0 aliphatic carbocycles. The first-order chi connectivity index (χ1) is 10.6. The summed E-state index contributed by atoms with van der Waals surface area (Å²) < 4.78 is 6.31. The summed E-state index contributed by atoms with van der Waals surface area (Å²) in [5.74, 6) is -0.0729. The molecular formula is C15H23N3O4. The first-order valence-corrected chi connectivity index (χ1v) is 7.70. The van der Waals surface area contributed by atoms with Crippen molar-refractivity contribution < 1.29 is 9.53 Å². The van der Waals surface area contributed by atoms with E-state index in [1.54, 1.807) is 7.11 Å². The third-order valence-electron chi connectivity index (χ3n) is 4.04. The van der Waals surface area contributed by atoms with Crippen molar-refractivity contribution in [2.45, 2.75) is 44.7 Å². The highest BCUT2D eigenvalue weighted by Crippen LogP contribution is 2.21. The maximum Gasteiger partial charge on any atom is 0.328 e. The van der Waals surface area contributed by atoms with Gasteiger partial charge in [0.05, 0.1) is 0 Å². The quantitative estimate of drug-likeness (QED) is 0.768. The van der Waals surface area contributed by atoms with E-state index in [1.165, 1.54) is 16.8 Å². The number of likely N-dealkylation sites (tertiary alicyclic amines) is 1. The second-order valence-corrected chi connectivity index (χ2v) is 5.61. The minimum Gasteiger partial charge on any atom is -0.385 e. The number of carbonyl (C=O) groups is 1. The molecule has 0 bridgehead atoms. The first-order valence-electron chi connectivity index (χ1n) is 7.70. The Morgan fingerprint density at radius 2 is 2.23 bits per heavy atom. The Morgan fingerprint density at radius 3 is 2.95 bits per heavy atom. The molecule has 0 spiro atoms. The van der Waals surface area contributed by atoms with Crippen LogP contribution in [0.4, 0.5) is 0 Å². The number of aromatic amines is 1. The molecule has 1 aliphatic rings. The third kappa shape index (κ3) is 4.30. The number of ether oxygens (including phenoxy) is 1. The van der Waals surface area contributed by atoms with Crippen LogP contribution in [0.25, 0.3) is 0 Å². The van der Waals surface area contributed by atoms with Gasteiger partial charge in [0, 0.05) is 38.6 Å². The Bertz CT molecular complexity index is 607. The highest BCUT2D eigenvalue weighted by atomic mass is 16.5. The average Bonchev–Trinajstić information content (AvgIpc) is 2.51. The Labute approximate surface area is 128 Å². The molecule has 1 atom stereocenters. The number of nitrogens with one attached hydrogen (secondary N) is 1. The van der Waals surface area contributed by atoms with Gasteiger partial charge in [-0.15, -0.1) is 0 Å². The van der Waals surface area contributed by atoms with Gasteiger partial charge < -0.3 is 9.64 Å². The fraction of sp³-hybridized carbons (Fsp3) is 0.667. The van der Waals surface area contributed by atoms with E-state index in [0.717, 1.165) is 38.6 Å². The van der Waals surface area contributed by atoms with Crippen molar-refractivity contribution in [3.05, 3.63) is 33.1 Å². The smallest absolute Gasteiger partial charge is 0.328 e. The first kappa shape index (κ1) is 16.5. The molecule has 1 aliphatic heterocycles. The summed E-state index contributed by atoms with van der Waals surface area (Å²) in [6.45, 7) is 1.39. The predicted octanol–water partition coefficient (Wildman–Crippen LogP) is 0.344. The Kier molecular flexibility index (Phi) is 5.94. The molecule has 1 amide bonds. The maximum atomic E-state index is 12.5. The number of nitrogens with zero attached hydrogens (tertiary/aromatic N) is 2. The molecule has 22 heavy (non-hydrogen) atoms. The number of hydrogen-bond acceptors (Lipinski definition) is 4. The van der Waals surface area contributed by atoms with Crippen LogP contribution in [0.2, 0.25) is 0 Å². The molecule has 0 aromatic carbocycles. The highest BCUT2D eigenvalue weighted by Gasteiger charge is 2.26. The number of carbonyl (C=O) groups excluding carboxylic acids is 1. The van der Waals surface area contributed by atoms with E-state index in [1.807, 2.05) is 4.90 Å². The molecule has 1 aromatic heterocycles. The van der Waals surface area contributed by atoms with Gasteiger partial charge in [0.2, 0.25) is 5.91 Å². The lowest BCUT2D eigenvalue weighted by Gasteiger charge is -2.36. The number of methoxy groups -OCH3 is 1. The number of amides is 1. The van der Waals surface area contributed by atoms with Crippen LogP contribution in [0.1, 0.15) is 32.1 Å². The summed E-state index contributed by atoms with van der Waals surface area (Å²) in [6, 6.07) is 1.47. The van der Waals surface area contributed by atoms with Crippen LogP contribution in [0.15, 0.2) is 21.9 Å². The van der Waals surface area contributed by atoms with E-state index in [2.05, 4.69) is 4.98 Å². The second-order valence-electron chi connectivity index (χ2n) is 5.61. The predicted molar refractivity (Wildman–Crippen MR) is 81.8 cm³/mol. The number of aromatic nitrogens is 2. The minimum absolute atomic E-state index is 0.0314. The van der Waals surface area contributed by atoms with Gasteiger partial charge in [0.15, 0.2) is 0 Å². The van der Waals surface area contributed by atoms with Gasteiger partial charge in [-0.25, -0.2) is 4.79 Å². The summed E-state index contributed by atoms with van der Waals surface area (Å²) in [5.41, 5.74) is -1.00. The monoisotopic (exact) mass is 309 g/mol. The van der Waals surface area contributed by atoms with Gasteiger partial charge in [-0.3, -0.25) is 19.1 Å². The molecule has 7 nitrogen and oxygen atoms in total. The molecule has 1 fully saturated rings. The Hall–Kier alpha value is -1.89. The van der Waals surface area contributed by atoms with Crippen LogP contribution >= 0.6 is 0 Å². The summed E-state index contributed by atoms with van der Waals surface area (Å²) in [5, 5.41) is 0. The molecular weight excluding hydrogens is 286 g/mol. The lowest BCUT2D eigenvalue weighted by atomic mass is 9.98. The molecule has 2 heterocycles. The van der Waals surface area contributed by atoms with Crippen LogP contribution in [0.5, 0.6) is 0 Å². The zero-order chi connectivity index (χ0) is 15.9. The van der Waals surface area contributed by atoms with Crippen molar-refractivity contribution in [1.82, 2.24) is 14.5 Å². The summed E-state index contributed by atoms with van der Waals surface area (Å²) in [7, 11) is 1.67. The van der Waals surface area contributed by atoms with Crippen molar-refractivity contribution in [2.75, 3.05) is 20.3 Å². The van der Waals surface area contributed by atoms with Crippen molar-refractivity contribution >= 4 is 5.91 Å². The molecule has 1 aromatic rings. The lowest BCUT2D eigenvalue weighted by Crippen LogP contribution is -2.46.